The van der Waals surface area contributed by atoms with E-state index >= 15 is 0 Å². The molecule has 3 nitrogen and oxygen atoms in total. The number of nitrogens with zero attached hydrogens (tertiary/aromatic N) is 1. The Kier molecular flexibility index (Phi) is 4.43. The number of nitrogens with one attached hydrogen (secondary N) is 1. The Morgan fingerprint density at radius 1 is 1.29 bits per heavy atom. The molecule has 0 aliphatic heterocycles. The molecule has 0 fully saturated rings. The third-order valence-electron chi connectivity index (χ3n) is 1.70. The van der Waals surface area contributed by atoms with E-state index in [1.165, 1.54) is 6.07 Å². The normalized spacial score (nSPS) is 11.2. The van der Waals surface area contributed by atoms with Crippen molar-refractivity contribution < 1.29 is 22.4 Å². The number of rotatable bonds is 4. The van der Waals surface area contributed by atoms with E-state index in [0.29, 0.717) is 5.56 Å². The highest BCUT2D eigenvalue weighted by molar-refractivity contribution is 5.33. The summed E-state index contributed by atoms with van der Waals surface area (Å²) < 4.78 is 48.0. The first-order valence-electron chi connectivity index (χ1n) is 4.52. The molecule has 7 heteroatoms. The van der Waals surface area contributed by atoms with Crippen molar-refractivity contribution in [2.24, 2.45) is 0 Å². The summed E-state index contributed by atoms with van der Waals surface area (Å²) in [6.45, 7) is -1.56. The maximum Gasteiger partial charge on any atom is 0.413 e. The topological polar surface area (TPSA) is 45.0 Å². The van der Waals surface area contributed by atoms with Crippen LogP contribution in [0.2, 0.25) is 0 Å². The smallest absolute Gasteiger partial charge is 0.292 e. The van der Waals surface area contributed by atoms with E-state index in [1.807, 2.05) is 5.48 Å². The van der Waals surface area contributed by atoms with Gasteiger partial charge in [0.15, 0.2) is 6.61 Å². The van der Waals surface area contributed by atoms with Gasteiger partial charge in [-0.2, -0.15) is 23.9 Å². The summed E-state index contributed by atoms with van der Waals surface area (Å²) >= 11 is 0. The highest BCUT2D eigenvalue weighted by Crippen LogP contribution is 2.14. The van der Waals surface area contributed by atoms with Crippen molar-refractivity contribution >= 4 is 0 Å². The van der Waals surface area contributed by atoms with E-state index in [-0.39, 0.29) is 12.1 Å². The zero-order valence-corrected chi connectivity index (χ0v) is 8.51. The first-order chi connectivity index (χ1) is 7.90. The van der Waals surface area contributed by atoms with Crippen LogP contribution in [0.4, 0.5) is 17.6 Å². The number of halogens is 4. The molecule has 0 bridgehead atoms. The van der Waals surface area contributed by atoms with Crippen LogP contribution in [0.3, 0.4) is 0 Å². The van der Waals surface area contributed by atoms with Crippen LogP contribution in [-0.4, -0.2) is 12.8 Å². The first kappa shape index (κ1) is 13.4. The number of alkyl halides is 3. The van der Waals surface area contributed by atoms with Crippen LogP contribution in [0.1, 0.15) is 11.1 Å². The minimum atomic E-state index is -4.42. The fraction of sp³-hybridized carbons (Fsp3) is 0.300. The van der Waals surface area contributed by atoms with Gasteiger partial charge in [-0.25, -0.2) is 4.39 Å². The van der Waals surface area contributed by atoms with E-state index in [2.05, 4.69) is 4.84 Å². The standard InChI is InChI=1S/C10H8F4N2O/c11-9-2-7(4-15)1-8(3-9)5-16-17-6-10(12,13)14/h1-3,16H,5-6H2. The number of hydrogen-bond acceptors (Lipinski definition) is 3. The summed E-state index contributed by atoms with van der Waals surface area (Å²) in [4.78, 5) is 4.14. The molecule has 0 saturated heterocycles. The Balaban J connectivity index is 2.47. The first-order valence-corrected chi connectivity index (χ1v) is 4.52. The molecule has 1 aromatic rings. The zero-order chi connectivity index (χ0) is 12.9. The lowest BCUT2D eigenvalue weighted by Gasteiger charge is -2.08. The predicted molar refractivity (Wildman–Crippen MR) is 50.0 cm³/mol. The van der Waals surface area contributed by atoms with Crippen LogP contribution in [0.15, 0.2) is 18.2 Å². The number of hydrogen-bond donors (Lipinski definition) is 1. The molecule has 1 rings (SSSR count). The molecule has 0 saturated carbocycles. The minimum Gasteiger partial charge on any atom is -0.292 e. The average molecular weight is 248 g/mol. The number of nitriles is 1. The molecule has 1 aromatic carbocycles. The van der Waals surface area contributed by atoms with Gasteiger partial charge in [0.25, 0.3) is 0 Å². The van der Waals surface area contributed by atoms with E-state index in [4.69, 9.17) is 5.26 Å². The van der Waals surface area contributed by atoms with Crippen LogP contribution in [0.25, 0.3) is 0 Å². The van der Waals surface area contributed by atoms with Crippen LogP contribution in [0.5, 0.6) is 0 Å². The lowest BCUT2D eigenvalue weighted by molar-refractivity contribution is -0.190. The highest BCUT2D eigenvalue weighted by Gasteiger charge is 2.27. The van der Waals surface area contributed by atoms with Gasteiger partial charge in [-0.1, -0.05) is 0 Å². The van der Waals surface area contributed by atoms with Crippen LogP contribution < -0.4 is 5.48 Å². The van der Waals surface area contributed by atoms with E-state index < -0.39 is 18.6 Å². The second-order valence-corrected chi connectivity index (χ2v) is 3.18. The number of hydroxylamine groups is 1. The van der Waals surface area contributed by atoms with Crippen molar-refractivity contribution in [2.45, 2.75) is 12.7 Å². The molecule has 0 amide bonds. The monoisotopic (exact) mass is 248 g/mol. The molecule has 0 aliphatic carbocycles. The molecule has 1 N–H and O–H groups in total. The van der Waals surface area contributed by atoms with Gasteiger partial charge >= 0.3 is 6.18 Å². The Morgan fingerprint density at radius 3 is 2.59 bits per heavy atom. The Morgan fingerprint density at radius 2 is 2.00 bits per heavy atom. The Bertz CT molecular complexity index is 425. The summed E-state index contributed by atoms with van der Waals surface area (Å²) in [5.74, 6) is -0.628. The van der Waals surface area contributed by atoms with Crippen molar-refractivity contribution in [3.05, 3.63) is 35.1 Å². The van der Waals surface area contributed by atoms with Crippen molar-refractivity contribution in [1.29, 1.82) is 5.26 Å². The summed E-state index contributed by atoms with van der Waals surface area (Å²) in [6, 6.07) is 5.22. The Labute approximate surface area is 94.6 Å². The molecule has 0 spiro atoms. The predicted octanol–water partition coefficient (Wildman–Crippen LogP) is 2.28. The van der Waals surface area contributed by atoms with E-state index in [9.17, 15) is 17.6 Å². The fourth-order valence-electron chi connectivity index (χ4n) is 1.08. The maximum atomic E-state index is 12.9. The third kappa shape index (κ3) is 5.29. The van der Waals surface area contributed by atoms with Gasteiger partial charge in [-0.3, -0.25) is 4.84 Å². The van der Waals surface area contributed by atoms with Gasteiger partial charge in [0, 0.05) is 6.54 Å². The van der Waals surface area contributed by atoms with Gasteiger partial charge in [0.1, 0.15) is 5.82 Å². The lowest BCUT2D eigenvalue weighted by Crippen LogP contribution is -2.24. The fourth-order valence-corrected chi connectivity index (χ4v) is 1.08. The zero-order valence-electron chi connectivity index (χ0n) is 8.51. The van der Waals surface area contributed by atoms with Gasteiger partial charge < -0.3 is 0 Å². The highest BCUT2D eigenvalue weighted by atomic mass is 19.4. The summed E-state index contributed by atoms with van der Waals surface area (Å²) in [6.07, 6.45) is -4.42. The van der Waals surface area contributed by atoms with Gasteiger partial charge in [0.2, 0.25) is 0 Å². The molecule has 0 unspecified atom stereocenters. The minimum absolute atomic E-state index is 0.0950. The molecular weight excluding hydrogens is 240 g/mol. The third-order valence-corrected chi connectivity index (χ3v) is 1.70. The van der Waals surface area contributed by atoms with Crippen LogP contribution in [-0.2, 0) is 11.4 Å². The van der Waals surface area contributed by atoms with E-state index in [0.717, 1.165) is 12.1 Å². The quantitative estimate of drug-likeness (QED) is 0.505. The van der Waals surface area contributed by atoms with E-state index in [1.54, 1.807) is 6.07 Å². The molecule has 17 heavy (non-hydrogen) atoms. The summed E-state index contributed by atoms with van der Waals surface area (Å²) in [7, 11) is 0. The van der Waals surface area contributed by atoms with Crippen molar-refractivity contribution in [2.75, 3.05) is 6.61 Å². The largest absolute Gasteiger partial charge is 0.413 e. The Hall–Kier alpha value is -1.65. The molecule has 0 aromatic heterocycles. The molecule has 0 radical (unpaired) electrons. The van der Waals surface area contributed by atoms with Crippen LogP contribution in [0, 0.1) is 17.1 Å². The molecule has 0 aliphatic rings. The number of benzene rings is 1. The summed E-state index contributed by atoms with van der Waals surface area (Å²) in [5, 5.41) is 8.55. The van der Waals surface area contributed by atoms with Gasteiger partial charge in [0.05, 0.1) is 11.6 Å². The summed E-state index contributed by atoms with van der Waals surface area (Å²) in [5.41, 5.74) is 2.46. The van der Waals surface area contributed by atoms with Crippen molar-refractivity contribution in [1.82, 2.24) is 5.48 Å². The van der Waals surface area contributed by atoms with Crippen molar-refractivity contribution in [3.63, 3.8) is 0 Å². The second-order valence-electron chi connectivity index (χ2n) is 3.18. The van der Waals surface area contributed by atoms with Crippen molar-refractivity contribution in [3.8, 4) is 6.07 Å². The SMILES string of the molecule is N#Cc1cc(F)cc(CNOCC(F)(F)F)c1. The second kappa shape index (κ2) is 5.61. The average Bonchev–Trinajstić information content (AvgIpc) is 2.22. The van der Waals surface area contributed by atoms with Crippen LogP contribution >= 0.6 is 0 Å². The van der Waals surface area contributed by atoms with Gasteiger partial charge in [-0.15, -0.1) is 0 Å². The van der Waals surface area contributed by atoms with Gasteiger partial charge in [-0.05, 0) is 23.8 Å². The molecular formula is C10H8F4N2O. The molecule has 0 heterocycles. The molecule has 0 atom stereocenters. The lowest BCUT2D eigenvalue weighted by atomic mass is 10.1. The maximum absolute atomic E-state index is 12.9. The molecule has 92 valence electrons.